The third-order valence-corrected chi connectivity index (χ3v) is 3.41. The predicted octanol–water partition coefficient (Wildman–Crippen LogP) is 2.62. The second kappa shape index (κ2) is 7.55. The van der Waals surface area contributed by atoms with Crippen LogP contribution in [0.3, 0.4) is 0 Å². The topological polar surface area (TPSA) is 56.5 Å². The van der Waals surface area contributed by atoms with Crippen LogP contribution in [0.25, 0.3) is 0 Å². The maximum atomic E-state index is 5.91. The minimum Gasteiger partial charge on any atom is -0.493 e. The van der Waals surface area contributed by atoms with Crippen molar-refractivity contribution in [2.75, 3.05) is 26.5 Å². The molecule has 0 aliphatic rings. The molecule has 2 aromatic rings. The first-order chi connectivity index (χ1) is 10.2. The highest BCUT2D eigenvalue weighted by Crippen LogP contribution is 2.27. The zero-order chi connectivity index (χ0) is 15.1. The van der Waals surface area contributed by atoms with E-state index in [4.69, 9.17) is 15.2 Å². The van der Waals surface area contributed by atoms with E-state index in [-0.39, 0.29) is 0 Å². The zero-order valence-electron chi connectivity index (χ0n) is 12.6. The fraction of sp³-hybridized carbons (Fsp3) is 0.294. The molecule has 0 aliphatic carbocycles. The highest BCUT2D eigenvalue weighted by atomic mass is 16.5. The summed E-state index contributed by atoms with van der Waals surface area (Å²) < 4.78 is 10.5. The predicted molar refractivity (Wildman–Crippen MR) is 85.8 cm³/mol. The molecular weight excluding hydrogens is 264 g/mol. The van der Waals surface area contributed by atoms with Crippen LogP contribution in [0.15, 0.2) is 42.5 Å². The molecule has 0 aromatic heterocycles. The molecule has 0 heterocycles. The van der Waals surface area contributed by atoms with Gasteiger partial charge in [0.1, 0.15) is 0 Å². The molecule has 21 heavy (non-hydrogen) atoms. The monoisotopic (exact) mass is 286 g/mol. The largest absolute Gasteiger partial charge is 0.493 e. The number of methoxy groups -OCH3 is 2. The van der Waals surface area contributed by atoms with E-state index in [9.17, 15) is 0 Å². The summed E-state index contributed by atoms with van der Waals surface area (Å²) in [6.07, 6.45) is 0.924. The van der Waals surface area contributed by atoms with Gasteiger partial charge in [0.05, 0.1) is 14.2 Å². The SMILES string of the molecule is COc1ccc(CCNCc2ccccc2N)cc1OC. The van der Waals surface area contributed by atoms with E-state index in [0.717, 1.165) is 42.3 Å². The normalized spacial score (nSPS) is 10.4. The Hall–Kier alpha value is -2.20. The Morgan fingerprint density at radius 2 is 1.76 bits per heavy atom. The number of para-hydroxylation sites is 1. The Balaban J connectivity index is 1.85. The van der Waals surface area contributed by atoms with Crippen molar-refractivity contribution >= 4 is 5.69 Å². The molecule has 0 spiro atoms. The van der Waals surface area contributed by atoms with Crippen LogP contribution in [0.1, 0.15) is 11.1 Å². The number of nitrogens with one attached hydrogen (secondary N) is 1. The van der Waals surface area contributed by atoms with Gasteiger partial charge in [0, 0.05) is 12.2 Å². The number of anilines is 1. The van der Waals surface area contributed by atoms with E-state index < -0.39 is 0 Å². The Morgan fingerprint density at radius 3 is 2.48 bits per heavy atom. The minimum atomic E-state index is 0.756. The summed E-state index contributed by atoms with van der Waals surface area (Å²) in [5.74, 6) is 1.52. The van der Waals surface area contributed by atoms with Crippen molar-refractivity contribution in [3.05, 3.63) is 53.6 Å². The van der Waals surface area contributed by atoms with E-state index in [1.807, 2.05) is 36.4 Å². The van der Waals surface area contributed by atoms with Gasteiger partial charge >= 0.3 is 0 Å². The smallest absolute Gasteiger partial charge is 0.160 e. The van der Waals surface area contributed by atoms with E-state index in [1.165, 1.54) is 5.56 Å². The number of ether oxygens (including phenoxy) is 2. The molecule has 4 nitrogen and oxygen atoms in total. The molecule has 0 bridgehead atoms. The van der Waals surface area contributed by atoms with Crippen LogP contribution in [0, 0.1) is 0 Å². The Morgan fingerprint density at radius 1 is 1.00 bits per heavy atom. The van der Waals surface area contributed by atoms with Crippen LogP contribution < -0.4 is 20.5 Å². The standard InChI is InChI=1S/C17H22N2O2/c1-20-16-8-7-13(11-17(16)21-2)9-10-19-12-14-5-3-4-6-15(14)18/h3-8,11,19H,9-10,12,18H2,1-2H3. The fourth-order valence-electron chi connectivity index (χ4n) is 2.19. The summed E-state index contributed by atoms with van der Waals surface area (Å²) in [5.41, 5.74) is 9.08. The first-order valence-electron chi connectivity index (χ1n) is 6.99. The molecule has 0 atom stereocenters. The Bertz CT molecular complexity index is 585. The van der Waals surface area contributed by atoms with Gasteiger partial charge in [0.25, 0.3) is 0 Å². The number of rotatable bonds is 7. The summed E-state index contributed by atoms with van der Waals surface area (Å²) in [6, 6.07) is 13.9. The van der Waals surface area contributed by atoms with Crippen LogP contribution in [-0.2, 0) is 13.0 Å². The molecule has 2 rings (SSSR count). The Kier molecular flexibility index (Phi) is 5.46. The number of hydrogen-bond donors (Lipinski definition) is 2. The lowest BCUT2D eigenvalue weighted by atomic mass is 10.1. The molecule has 0 fully saturated rings. The second-order valence-electron chi connectivity index (χ2n) is 4.81. The van der Waals surface area contributed by atoms with Gasteiger partial charge in [0.15, 0.2) is 11.5 Å². The van der Waals surface area contributed by atoms with E-state index in [1.54, 1.807) is 14.2 Å². The average molecular weight is 286 g/mol. The quantitative estimate of drug-likeness (QED) is 0.607. The van der Waals surface area contributed by atoms with Crippen molar-refractivity contribution in [3.63, 3.8) is 0 Å². The number of benzene rings is 2. The van der Waals surface area contributed by atoms with Crippen LogP contribution >= 0.6 is 0 Å². The molecule has 0 amide bonds. The summed E-state index contributed by atoms with van der Waals surface area (Å²) >= 11 is 0. The van der Waals surface area contributed by atoms with E-state index >= 15 is 0 Å². The zero-order valence-corrected chi connectivity index (χ0v) is 12.6. The van der Waals surface area contributed by atoms with Crippen LogP contribution in [-0.4, -0.2) is 20.8 Å². The van der Waals surface area contributed by atoms with Crippen molar-refractivity contribution in [3.8, 4) is 11.5 Å². The number of nitrogens with two attached hydrogens (primary N) is 1. The maximum absolute atomic E-state index is 5.91. The summed E-state index contributed by atoms with van der Waals surface area (Å²) in [4.78, 5) is 0. The minimum absolute atomic E-state index is 0.756. The van der Waals surface area contributed by atoms with Gasteiger partial charge in [-0.3, -0.25) is 0 Å². The summed E-state index contributed by atoms with van der Waals surface area (Å²) in [5, 5.41) is 3.41. The van der Waals surface area contributed by atoms with Gasteiger partial charge in [-0.05, 0) is 42.3 Å². The Labute approximate surface area is 125 Å². The third kappa shape index (κ3) is 4.13. The van der Waals surface area contributed by atoms with Gasteiger partial charge in [-0.2, -0.15) is 0 Å². The lowest BCUT2D eigenvalue weighted by Gasteiger charge is -2.10. The first-order valence-corrected chi connectivity index (χ1v) is 6.99. The van der Waals surface area contributed by atoms with Gasteiger partial charge in [-0.15, -0.1) is 0 Å². The van der Waals surface area contributed by atoms with Gasteiger partial charge in [0.2, 0.25) is 0 Å². The first kappa shape index (κ1) is 15.2. The molecule has 0 saturated carbocycles. The van der Waals surface area contributed by atoms with E-state index in [2.05, 4.69) is 11.4 Å². The number of nitrogen functional groups attached to an aromatic ring is 1. The van der Waals surface area contributed by atoms with Crippen molar-refractivity contribution < 1.29 is 9.47 Å². The van der Waals surface area contributed by atoms with Crippen molar-refractivity contribution in [2.24, 2.45) is 0 Å². The second-order valence-corrected chi connectivity index (χ2v) is 4.81. The summed E-state index contributed by atoms with van der Waals surface area (Å²) in [7, 11) is 3.29. The van der Waals surface area contributed by atoms with Crippen molar-refractivity contribution in [1.29, 1.82) is 0 Å². The average Bonchev–Trinajstić information content (AvgIpc) is 2.52. The third-order valence-electron chi connectivity index (χ3n) is 3.41. The van der Waals surface area contributed by atoms with Gasteiger partial charge in [-0.25, -0.2) is 0 Å². The lowest BCUT2D eigenvalue weighted by molar-refractivity contribution is 0.354. The molecule has 0 unspecified atom stereocenters. The molecule has 0 aliphatic heterocycles. The molecule has 0 saturated heterocycles. The molecule has 4 heteroatoms. The van der Waals surface area contributed by atoms with E-state index in [0.29, 0.717) is 0 Å². The van der Waals surface area contributed by atoms with Gasteiger partial charge in [-0.1, -0.05) is 24.3 Å². The molecule has 112 valence electrons. The molecular formula is C17H22N2O2. The van der Waals surface area contributed by atoms with Crippen molar-refractivity contribution in [1.82, 2.24) is 5.32 Å². The fourth-order valence-corrected chi connectivity index (χ4v) is 2.19. The molecule has 3 N–H and O–H groups in total. The lowest BCUT2D eigenvalue weighted by Crippen LogP contribution is -2.17. The molecule has 0 radical (unpaired) electrons. The van der Waals surface area contributed by atoms with Crippen LogP contribution in [0.2, 0.25) is 0 Å². The highest BCUT2D eigenvalue weighted by molar-refractivity contribution is 5.46. The van der Waals surface area contributed by atoms with Crippen molar-refractivity contribution in [2.45, 2.75) is 13.0 Å². The highest BCUT2D eigenvalue weighted by Gasteiger charge is 2.04. The summed E-state index contributed by atoms with van der Waals surface area (Å²) in [6.45, 7) is 1.66. The maximum Gasteiger partial charge on any atom is 0.160 e. The van der Waals surface area contributed by atoms with Crippen LogP contribution in [0.4, 0.5) is 5.69 Å². The van der Waals surface area contributed by atoms with Gasteiger partial charge < -0.3 is 20.5 Å². The van der Waals surface area contributed by atoms with Crippen LogP contribution in [0.5, 0.6) is 11.5 Å². The molecule has 2 aromatic carbocycles. The number of hydrogen-bond acceptors (Lipinski definition) is 4.